The highest BCUT2D eigenvalue weighted by atomic mass is 35.5. The Morgan fingerprint density at radius 3 is 2.09 bits per heavy atom. The smallest absolute Gasteiger partial charge is 0.265 e. The van der Waals surface area contributed by atoms with Crippen molar-refractivity contribution in [1.82, 2.24) is 0 Å². The number of carbonyl (C=O) groups is 2. The van der Waals surface area contributed by atoms with Crippen LogP contribution in [-0.2, 0) is 14.6 Å². The van der Waals surface area contributed by atoms with E-state index in [1.165, 1.54) is 4.90 Å². The van der Waals surface area contributed by atoms with E-state index in [0.717, 1.165) is 0 Å². The molecule has 1 atom stereocenters. The first-order valence-electron chi connectivity index (χ1n) is 10.4. The molecule has 170 valence electrons. The first-order valence-corrected chi connectivity index (χ1v) is 12.6. The van der Waals surface area contributed by atoms with Crippen LogP contribution in [0.5, 0.6) is 5.75 Å². The highest BCUT2D eigenvalue weighted by Crippen LogP contribution is 2.25. The van der Waals surface area contributed by atoms with Gasteiger partial charge in [0, 0.05) is 21.8 Å². The molecule has 1 saturated heterocycles. The quantitative estimate of drug-likeness (QED) is 0.471. The average Bonchev–Trinajstić information content (AvgIpc) is 3.18. The van der Waals surface area contributed by atoms with Gasteiger partial charge in [-0.25, -0.2) is 8.42 Å². The summed E-state index contributed by atoms with van der Waals surface area (Å²) >= 11 is 5.87. The molecule has 3 aromatic rings. The fourth-order valence-corrected chi connectivity index (χ4v) is 5.64. The van der Waals surface area contributed by atoms with Crippen molar-refractivity contribution in [2.75, 3.05) is 23.0 Å². The molecule has 0 aromatic heterocycles. The largest absolute Gasteiger partial charge is 0.484 e. The summed E-state index contributed by atoms with van der Waals surface area (Å²) in [6, 6.07) is 21.7. The normalized spacial score (nSPS) is 16.8. The van der Waals surface area contributed by atoms with E-state index in [2.05, 4.69) is 0 Å². The number of sulfone groups is 1. The second-order valence-electron chi connectivity index (χ2n) is 7.81. The summed E-state index contributed by atoms with van der Waals surface area (Å²) in [5.74, 6) is -0.0346. The lowest BCUT2D eigenvalue weighted by molar-refractivity contribution is -0.121. The molecule has 0 saturated carbocycles. The Hall–Kier alpha value is -3.16. The van der Waals surface area contributed by atoms with Crippen LogP contribution in [-0.4, -0.2) is 44.3 Å². The molecule has 6 nitrogen and oxygen atoms in total. The molecule has 33 heavy (non-hydrogen) atoms. The molecule has 0 N–H and O–H groups in total. The van der Waals surface area contributed by atoms with Crippen LogP contribution in [0, 0.1) is 0 Å². The predicted molar refractivity (Wildman–Crippen MR) is 128 cm³/mol. The second-order valence-corrected chi connectivity index (χ2v) is 10.5. The average molecular weight is 484 g/mol. The molecular weight excluding hydrogens is 462 g/mol. The van der Waals surface area contributed by atoms with Gasteiger partial charge in [-0.2, -0.15) is 0 Å². The Labute approximate surface area is 197 Å². The van der Waals surface area contributed by atoms with Crippen molar-refractivity contribution in [3.05, 3.63) is 95.0 Å². The Bertz CT molecular complexity index is 1240. The van der Waals surface area contributed by atoms with Gasteiger partial charge in [-0.05, 0) is 67.1 Å². The number of ether oxygens (including phenoxy) is 1. The summed E-state index contributed by atoms with van der Waals surface area (Å²) in [5, 5.41) is 0.555. The first-order chi connectivity index (χ1) is 15.8. The zero-order chi connectivity index (χ0) is 23.4. The lowest BCUT2D eigenvalue weighted by atomic mass is 10.0. The Morgan fingerprint density at radius 2 is 1.52 bits per heavy atom. The van der Waals surface area contributed by atoms with E-state index >= 15 is 0 Å². The van der Waals surface area contributed by atoms with Gasteiger partial charge in [0.1, 0.15) is 5.75 Å². The number of ketones is 1. The summed E-state index contributed by atoms with van der Waals surface area (Å²) in [7, 11) is -3.16. The molecule has 1 aliphatic heterocycles. The van der Waals surface area contributed by atoms with Crippen molar-refractivity contribution in [2.45, 2.75) is 12.5 Å². The van der Waals surface area contributed by atoms with E-state index in [-0.39, 0.29) is 29.8 Å². The number of rotatable bonds is 7. The van der Waals surface area contributed by atoms with E-state index in [9.17, 15) is 18.0 Å². The molecule has 8 heteroatoms. The van der Waals surface area contributed by atoms with Crippen LogP contribution < -0.4 is 9.64 Å². The molecule has 0 bridgehead atoms. The van der Waals surface area contributed by atoms with E-state index in [1.54, 1.807) is 72.8 Å². The van der Waals surface area contributed by atoms with Gasteiger partial charge >= 0.3 is 0 Å². The van der Waals surface area contributed by atoms with Gasteiger partial charge in [-0.15, -0.1) is 0 Å². The highest BCUT2D eigenvalue weighted by Gasteiger charge is 2.35. The SMILES string of the molecule is O=C(c1ccc(Cl)cc1)c1ccc(OCC(=O)N(c2ccccc2)[C@@H]2CCS(=O)(=O)C2)cc1. The molecule has 1 amide bonds. The monoisotopic (exact) mass is 483 g/mol. The maximum atomic E-state index is 13.0. The molecule has 0 unspecified atom stereocenters. The van der Waals surface area contributed by atoms with Gasteiger partial charge < -0.3 is 9.64 Å². The molecule has 0 spiro atoms. The second kappa shape index (κ2) is 9.77. The summed E-state index contributed by atoms with van der Waals surface area (Å²) in [6.07, 6.45) is 0.393. The number of nitrogens with zero attached hydrogens (tertiary/aromatic N) is 1. The topological polar surface area (TPSA) is 80.8 Å². The van der Waals surface area contributed by atoms with Crippen molar-refractivity contribution in [3.8, 4) is 5.75 Å². The maximum absolute atomic E-state index is 13.0. The van der Waals surface area contributed by atoms with Gasteiger partial charge in [0.05, 0.1) is 17.5 Å². The van der Waals surface area contributed by atoms with Crippen LogP contribution in [0.15, 0.2) is 78.9 Å². The van der Waals surface area contributed by atoms with Crippen molar-refractivity contribution >= 4 is 38.8 Å². The summed E-state index contributed by atoms with van der Waals surface area (Å²) in [4.78, 5) is 27.1. The molecule has 1 heterocycles. The molecule has 3 aromatic carbocycles. The number of hydrogen-bond acceptors (Lipinski definition) is 5. The summed E-state index contributed by atoms with van der Waals surface area (Å²) in [5.41, 5.74) is 1.64. The predicted octanol–water partition coefficient (Wildman–Crippen LogP) is 4.17. The number of carbonyl (C=O) groups excluding carboxylic acids is 2. The van der Waals surface area contributed by atoms with Gasteiger partial charge in [-0.1, -0.05) is 29.8 Å². The number of benzene rings is 3. The van der Waals surface area contributed by atoms with Crippen molar-refractivity contribution in [3.63, 3.8) is 0 Å². The number of halogens is 1. The third-order valence-electron chi connectivity index (χ3n) is 5.46. The lowest BCUT2D eigenvalue weighted by Gasteiger charge is -2.28. The Balaban J connectivity index is 1.44. The standard InChI is InChI=1S/C25H22ClNO5S/c26-20-10-6-18(7-11-20)25(29)19-8-12-23(13-9-19)32-16-24(28)27(21-4-2-1-3-5-21)22-14-15-33(30,31)17-22/h1-13,22H,14-17H2/t22-/m1/s1. The number of para-hydroxylation sites is 1. The molecular formula is C25H22ClNO5S. The van der Waals surface area contributed by atoms with Crippen LogP contribution in [0.2, 0.25) is 5.02 Å². The number of anilines is 1. The minimum absolute atomic E-state index is 0.0604. The zero-order valence-corrected chi connectivity index (χ0v) is 19.3. The van der Waals surface area contributed by atoms with Gasteiger partial charge in [-0.3, -0.25) is 9.59 Å². The van der Waals surface area contributed by atoms with Crippen LogP contribution in [0.3, 0.4) is 0 Å². The van der Waals surface area contributed by atoms with Crippen LogP contribution in [0.4, 0.5) is 5.69 Å². The van der Waals surface area contributed by atoms with Crippen molar-refractivity contribution in [2.24, 2.45) is 0 Å². The fourth-order valence-electron chi connectivity index (χ4n) is 3.81. The molecule has 1 fully saturated rings. The Morgan fingerprint density at radius 1 is 0.909 bits per heavy atom. The molecule has 4 rings (SSSR count). The van der Waals surface area contributed by atoms with E-state index in [1.807, 2.05) is 6.07 Å². The third-order valence-corrected chi connectivity index (χ3v) is 7.46. The molecule has 1 aliphatic rings. The Kier molecular flexibility index (Phi) is 6.81. The molecule has 0 radical (unpaired) electrons. The fraction of sp³-hybridized carbons (Fsp3) is 0.200. The third kappa shape index (κ3) is 5.61. The number of amides is 1. The van der Waals surface area contributed by atoms with Crippen LogP contribution >= 0.6 is 11.6 Å². The van der Waals surface area contributed by atoms with Gasteiger partial charge in [0.25, 0.3) is 5.91 Å². The number of hydrogen-bond donors (Lipinski definition) is 0. The van der Waals surface area contributed by atoms with E-state index in [4.69, 9.17) is 16.3 Å². The highest BCUT2D eigenvalue weighted by molar-refractivity contribution is 7.91. The van der Waals surface area contributed by atoms with E-state index in [0.29, 0.717) is 34.0 Å². The van der Waals surface area contributed by atoms with E-state index < -0.39 is 15.9 Å². The first kappa shape index (κ1) is 23.0. The lowest BCUT2D eigenvalue weighted by Crippen LogP contribution is -2.43. The molecule has 0 aliphatic carbocycles. The van der Waals surface area contributed by atoms with Crippen LogP contribution in [0.25, 0.3) is 0 Å². The van der Waals surface area contributed by atoms with Crippen molar-refractivity contribution in [1.29, 1.82) is 0 Å². The zero-order valence-electron chi connectivity index (χ0n) is 17.7. The minimum Gasteiger partial charge on any atom is -0.484 e. The minimum atomic E-state index is -3.16. The summed E-state index contributed by atoms with van der Waals surface area (Å²) < 4.78 is 29.6. The summed E-state index contributed by atoms with van der Waals surface area (Å²) in [6.45, 7) is -0.254. The maximum Gasteiger partial charge on any atom is 0.265 e. The van der Waals surface area contributed by atoms with Gasteiger partial charge in [0.15, 0.2) is 22.2 Å². The van der Waals surface area contributed by atoms with Crippen LogP contribution in [0.1, 0.15) is 22.3 Å². The van der Waals surface area contributed by atoms with Crippen molar-refractivity contribution < 1.29 is 22.7 Å². The van der Waals surface area contributed by atoms with Gasteiger partial charge in [0.2, 0.25) is 0 Å².